The molecule has 1 aliphatic heterocycles. The molecule has 0 radical (unpaired) electrons. The molecule has 0 aromatic carbocycles. The van der Waals surface area contributed by atoms with Crippen molar-refractivity contribution in [2.45, 2.75) is 63.8 Å². The van der Waals surface area contributed by atoms with Crippen LogP contribution in [0.15, 0.2) is 18.3 Å². The second-order valence-electron chi connectivity index (χ2n) is 9.33. The number of pyridine rings is 1. The van der Waals surface area contributed by atoms with E-state index in [9.17, 15) is 18.8 Å². The van der Waals surface area contributed by atoms with E-state index in [0.717, 1.165) is 38.5 Å². The van der Waals surface area contributed by atoms with Gasteiger partial charge in [-0.05, 0) is 49.1 Å². The molecule has 2 aliphatic carbocycles. The summed E-state index contributed by atoms with van der Waals surface area (Å²) in [7, 11) is 0. The van der Waals surface area contributed by atoms with Crippen molar-refractivity contribution in [3.05, 3.63) is 24.1 Å². The lowest BCUT2D eigenvalue weighted by atomic mass is 9.89. The largest absolute Gasteiger partial charge is 0.330 e. The Hall–Kier alpha value is -2.55. The zero-order chi connectivity index (χ0) is 22.0. The Balaban J connectivity index is 1.51. The maximum atomic E-state index is 14.0. The van der Waals surface area contributed by atoms with E-state index >= 15 is 0 Å². The van der Waals surface area contributed by atoms with Gasteiger partial charge >= 0.3 is 0 Å². The molecule has 0 bridgehead atoms. The molecule has 3 fully saturated rings. The van der Waals surface area contributed by atoms with E-state index < -0.39 is 29.6 Å². The van der Waals surface area contributed by atoms with Gasteiger partial charge in [0.05, 0.1) is 0 Å². The third-order valence-corrected chi connectivity index (χ3v) is 7.05. The topological polar surface area (TPSA) is 112 Å². The fourth-order valence-corrected chi connectivity index (χ4v) is 5.16. The number of anilines is 1. The highest BCUT2D eigenvalue weighted by Gasteiger charge is 2.56. The quantitative estimate of drug-likeness (QED) is 0.453. The molecule has 3 aliphatic rings. The Morgan fingerprint density at radius 1 is 1.29 bits per heavy atom. The van der Waals surface area contributed by atoms with Gasteiger partial charge in [-0.15, -0.1) is 0 Å². The van der Waals surface area contributed by atoms with Crippen LogP contribution in [-0.2, 0) is 14.4 Å². The maximum absolute atomic E-state index is 14.0. The maximum Gasteiger partial charge on any atom is 0.248 e. The highest BCUT2D eigenvalue weighted by molar-refractivity contribution is 5.98. The Morgan fingerprint density at radius 2 is 2.03 bits per heavy atom. The summed E-state index contributed by atoms with van der Waals surface area (Å²) in [6.45, 7) is 0.469. The van der Waals surface area contributed by atoms with Crippen molar-refractivity contribution in [3.63, 3.8) is 0 Å². The lowest BCUT2D eigenvalue weighted by molar-refractivity contribution is -0.144. The fraction of sp³-hybridized carbons (Fsp3) is 0.636. The van der Waals surface area contributed by atoms with Crippen LogP contribution in [0.25, 0.3) is 0 Å². The third kappa shape index (κ3) is 4.87. The van der Waals surface area contributed by atoms with Gasteiger partial charge < -0.3 is 10.2 Å². The van der Waals surface area contributed by atoms with Gasteiger partial charge in [-0.2, -0.15) is 0 Å². The Kier molecular flexibility index (Phi) is 6.22. The SMILES string of the molecule is O=C(C[C@@H](CC1CCCC1)C(=O)N1CC2(CC2)C[C@H]1C(=O)Nc1ncccc1F)NO. The molecule has 2 heterocycles. The van der Waals surface area contributed by atoms with Gasteiger partial charge in [0.15, 0.2) is 11.6 Å². The molecule has 1 aromatic heterocycles. The van der Waals surface area contributed by atoms with E-state index in [1.807, 2.05) is 0 Å². The molecule has 1 saturated heterocycles. The predicted octanol–water partition coefficient (Wildman–Crippen LogP) is 2.63. The van der Waals surface area contributed by atoms with Gasteiger partial charge in [0.1, 0.15) is 6.04 Å². The molecule has 1 spiro atoms. The number of aromatic nitrogens is 1. The van der Waals surface area contributed by atoms with Crippen molar-refractivity contribution in [3.8, 4) is 0 Å². The average Bonchev–Trinajstić information content (AvgIpc) is 3.13. The van der Waals surface area contributed by atoms with E-state index in [-0.39, 0.29) is 23.6 Å². The van der Waals surface area contributed by atoms with Crippen LogP contribution in [0.2, 0.25) is 0 Å². The second-order valence-corrected chi connectivity index (χ2v) is 9.33. The summed E-state index contributed by atoms with van der Waals surface area (Å²) in [5, 5.41) is 11.5. The van der Waals surface area contributed by atoms with Gasteiger partial charge in [0.2, 0.25) is 17.7 Å². The minimum atomic E-state index is -0.723. The van der Waals surface area contributed by atoms with E-state index in [1.165, 1.54) is 18.3 Å². The lowest BCUT2D eigenvalue weighted by Crippen LogP contribution is -2.46. The first-order valence-electron chi connectivity index (χ1n) is 11.1. The minimum Gasteiger partial charge on any atom is -0.330 e. The van der Waals surface area contributed by atoms with Crippen molar-refractivity contribution in [2.75, 3.05) is 11.9 Å². The predicted molar refractivity (Wildman–Crippen MR) is 109 cm³/mol. The number of carbonyl (C=O) groups is 3. The summed E-state index contributed by atoms with van der Waals surface area (Å²) in [6.07, 6.45) is 8.56. The Morgan fingerprint density at radius 3 is 2.68 bits per heavy atom. The number of hydrogen-bond donors (Lipinski definition) is 3. The summed E-state index contributed by atoms with van der Waals surface area (Å²) in [4.78, 5) is 43.9. The van der Waals surface area contributed by atoms with Crippen molar-refractivity contribution < 1.29 is 24.0 Å². The molecule has 3 N–H and O–H groups in total. The third-order valence-electron chi connectivity index (χ3n) is 7.05. The zero-order valence-electron chi connectivity index (χ0n) is 17.5. The van der Waals surface area contributed by atoms with Crippen LogP contribution >= 0.6 is 0 Å². The highest BCUT2D eigenvalue weighted by atomic mass is 19.1. The molecule has 2 atom stereocenters. The molecule has 1 aromatic rings. The van der Waals surface area contributed by atoms with Crippen LogP contribution < -0.4 is 10.8 Å². The monoisotopic (exact) mass is 432 g/mol. The summed E-state index contributed by atoms with van der Waals surface area (Å²) in [5.74, 6) is -2.31. The normalized spacial score (nSPS) is 23.0. The number of halogens is 1. The average molecular weight is 432 g/mol. The smallest absolute Gasteiger partial charge is 0.248 e. The van der Waals surface area contributed by atoms with Gasteiger partial charge in [-0.1, -0.05) is 25.7 Å². The van der Waals surface area contributed by atoms with Crippen LogP contribution in [0, 0.1) is 23.1 Å². The first kappa shape index (κ1) is 21.7. The van der Waals surface area contributed by atoms with E-state index in [4.69, 9.17) is 5.21 Å². The fourth-order valence-electron chi connectivity index (χ4n) is 5.16. The van der Waals surface area contributed by atoms with Gasteiger partial charge in [-0.25, -0.2) is 14.9 Å². The summed E-state index contributed by atoms with van der Waals surface area (Å²) in [6, 6.07) is 1.93. The van der Waals surface area contributed by atoms with Crippen LogP contribution in [0.1, 0.15) is 57.8 Å². The van der Waals surface area contributed by atoms with Crippen LogP contribution in [0.4, 0.5) is 10.2 Å². The van der Waals surface area contributed by atoms with E-state index in [2.05, 4.69) is 10.3 Å². The molecule has 3 amide bonds. The lowest BCUT2D eigenvalue weighted by Gasteiger charge is -2.29. The number of rotatable bonds is 7. The molecule has 31 heavy (non-hydrogen) atoms. The highest BCUT2D eigenvalue weighted by Crippen LogP contribution is 2.55. The number of amides is 3. The number of carbonyl (C=O) groups excluding carboxylic acids is 3. The van der Waals surface area contributed by atoms with Crippen LogP contribution in [-0.4, -0.2) is 45.4 Å². The van der Waals surface area contributed by atoms with Gasteiger partial charge in [-0.3, -0.25) is 19.6 Å². The van der Waals surface area contributed by atoms with Crippen LogP contribution in [0.5, 0.6) is 0 Å². The summed E-state index contributed by atoms with van der Waals surface area (Å²) < 4.78 is 14.0. The summed E-state index contributed by atoms with van der Waals surface area (Å²) in [5.41, 5.74) is 1.57. The van der Waals surface area contributed by atoms with Crippen molar-refractivity contribution in [2.24, 2.45) is 17.3 Å². The van der Waals surface area contributed by atoms with E-state index in [0.29, 0.717) is 25.3 Å². The van der Waals surface area contributed by atoms with Crippen LogP contribution in [0.3, 0.4) is 0 Å². The summed E-state index contributed by atoms with van der Waals surface area (Å²) >= 11 is 0. The van der Waals surface area contributed by atoms with Crippen molar-refractivity contribution >= 4 is 23.5 Å². The Labute approximate surface area is 180 Å². The second kappa shape index (κ2) is 8.90. The van der Waals surface area contributed by atoms with Gasteiger partial charge in [0.25, 0.3) is 0 Å². The van der Waals surface area contributed by atoms with E-state index in [1.54, 1.807) is 10.4 Å². The molecule has 168 valence electrons. The first-order valence-corrected chi connectivity index (χ1v) is 11.1. The standard InChI is InChI=1S/C22H29FN4O4/c23-16-6-3-9-24-19(16)25-20(29)17-12-22(7-8-22)13-27(17)21(30)15(11-18(28)26-31)10-14-4-1-2-5-14/h3,6,9,14-15,17,31H,1-2,4-5,7-8,10-13H2,(H,26,28)(H,24,25,29)/t15-,17+/m1/s1. The number of hydrogen-bond acceptors (Lipinski definition) is 5. The number of hydroxylamine groups is 1. The molecule has 9 heteroatoms. The van der Waals surface area contributed by atoms with Gasteiger partial charge in [0, 0.05) is 25.1 Å². The number of nitrogens with zero attached hydrogens (tertiary/aromatic N) is 2. The first-order chi connectivity index (χ1) is 14.9. The zero-order valence-corrected chi connectivity index (χ0v) is 17.5. The number of nitrogens with one attached hydrogen (secondary N) is 2. The molecular weight excluding hydrogens is 403 g/mol. The molecule has 0 unspecified atom stereocenters. The van der Waals surface area contributed by atoms with Crippen molar-refractivity contribution in [1.82, 2.24) is 15.4 Å². The van der Waals surface area contributed by atoms with Crippen molar-refractivity contribution in [1.29, 1.82) is 0 Å². The molecule has 8 nitrogen and oxygen atoms in total. The molecule has 4 rings (SSSR count). The molecular formula is C22H29FN4O4. The Bertz CT molecular complexity index is 854. The number of likely N-dealkylation sites (tertiary alicyclic amines) is 1. The molecule has 2 saturated carbocycles. The minimum absolute atomic E-state index is 0.0581.